The Hall–Kier alpha value is -3.39. The molecule has 2 aromatic carbocycles. The van der Waals surface area contributed by atoms with Crippen LogP contribution >= 0.6 is 0 Å². The van der Waals surface area contributed by atoms with Gasteiger partial charge in [0.05, 0.1) is 11.0 Å². The number of benzene rings is 2. The van der Waals surface area contributed by atoms with Crippen molar-refractivity contribution in [3.8, 4) is 0 Å². The van der Waals surface area contributed by atoms with Crippen LogP contribution in [0.3, 0.4) is 0 Å². The highest BCUT2D eigenvalue weighted by molar-refractivity contribution is 5.97. The third-order valence-electron chi connectivity index (χ3n) is 4.09. The normalized spacial score (nSPS) is 11.2. The molecule has 1 amide bonds. The van der Waals surface area contributed by atoms with Gasteiger partial charge in [-0.15, -0.1) is 0 Å². The number of nitrogens with two attached hydrogens (primary N) is 1. The zero-order valence-corrected chi connectivity index (χ0v) is 14.2. The number of amides is 1. The summed E-state index contributed by atoms with van der Waals surface area (Å²) < 4.78 is 7.56. The third-order valence-corrected chi connectivity index (χ3v) is 4.09. The molecule has 0 saturated carbocycles. The van der Waals surface area contributed by atoms with Crippen LogP contribution < -0.4 is 16.4 Å². The van der Waals surface area contributed by atoms with Gasteiger partial charge in [0.25, 0.3) is 5.91 Å². The quantitative estimate of drug-likeness (QED) is 0.508. The summed E-state index contributed by atoms with van der Waals surface area (Å²) in [6.07, 6.45) is 0. The molecule has 0 unspecified atom stereocenters. The van der Waals surface area contributed by atoms with Gasteiger partial charge in [0, 0.05) is 25.7 Å². The molecule has 0 aliphatic carbocycles. The lowest BCUT2D eigenvalue weighted by Gasteiger charge is -2.03. The second-order valence-corrected chi connectivity index (χ2v) is 5.85. The standard InChI is InChI=1S/C18H18N6O2/c1-24-14-7-6-11(16(25)20-9-8-19)10-13(14)21-17(24)23-18-22-12-4-2-3-5-15(12)26-18/h2-7,10H,8-9,19H2,1H3,(H,20,25)(H,21,22,23). The summed E-state index contributed by atoms with van der Waals surface area (Å²) >= 11 is 0. The molecule has 26 heavy (non-hydrogen) atoms. The lowest BCUT2D eigenvalue weighted by Crippen LogP contribution is -2.28. The minimum atomic E-state index is -0.170. The zero-order valence-electron chi connectivity index (χ0n) is 14.2. The van der Waals surface area contributed by atoms with Crippen molar-refractivity contribution >= 4 is 40.0 Å². The first-order valence-electron chi connectivity index (χ1n) is 8.23. The molecule has 0 spiro atoms. The Bertz CT molecular complexity index is 1060. The van der Waals surface area contributed by atoms with E-state index in [-0.39, 0.29) is 5.91 Å². The number of aromatic nitrogens is 3. The van der Waals surface area contributed by atoms with Crippen molar-refractivity contribution in [2.24, 2.45) is 12.8 Å². The maximum Gasteiger partial charge on any atom is 0.302 e. The number of imidazole rings is 1. The molecule has 0 bridgehead atoms. The maximum absolute atomic E-state index is 12.1. The number of oxazole rings is 1. The number of rotatable bonds is 5. The van der Waals surface area contributed by atoms with E-state index in [0.717, 1.165) is 11.0 Å². The smallest absolute Gasteiger partial charge is 0.302 e. The van der Waals surface area contributed by atoms with Crippen molar-refractivity contribution in [1.82, 2.24) is 19.9 Å². The monoisotopic (exact) mass is 350 g/mol. The molecule has 4 N–H and O–H groups in total. The second kappa shape index (κ2) is 6.49. The summed E-state index contributed by atoms with van der Waals surface area (Å²) in [5, 5.41) is 5.84. The van der Waals surface area contributed by atoms with E-state index in [1.165, 1.54) is 0 Å². The van der Waals surface area contributed by atoms with Crippen LogP contribution in [0, 0.1) is 0 Å². The molecule has 8 nitrogen and oxygen atoms in total. The van der Waals surface area contributed by atoms with Crippen LogP contribution in [0.5, 0.6) is 0 Å². The molecule has 0 aliphatic heterocycles. The Labute approximate surface area is 149 Å². The molecule has 0 fully saturated rings. The highest BCUT2D eigenvalue weighted by atomic mass is 16.4. The van der Waals surface area contributed by atoms with Gasteiger partial charge in [0.1, 0.15) is 5.52 Å². The molecule has 0 saturated heterocycles. The van der Waals surface area contributed by atoms with Gasteiger partial charge in [0.15, 0.2) is 5.58 Å². The van der Waals surface area contributed by atoms with E-state index in [9.17, 15) is 4.79 Å². The van der Waals surface area contributed by atoms with E-state index in [4.69, 9.17) is 10.2 Å². The van der Waals surface area contributed by atoms with Crippen LogP contribution in [0.4, 0.5) is 12.0 Å². The van der Waals surface area contributed by atoms with E-state index in [0.29, 0.717) is 41.7 Å². The highest BCUT2D eigenvalue weighted by Gasteiger charge is 2.13. The summed E-state index contributed by atoms with van der Waals surface area (Å²) in [4.78, 5) is 21.0. The first-order chi connectivity index (χ1) is 12.7. The minimum Gasteiger partial charge on any atom is -0.423 e. The van der Waals surface area contributed by atoms with Gasteiger partial charge in [0.2, 0.25) is 5.95 Å². The second-order valence-electron chi connectivity index (χ2n) is 5.85. The number of anilines is 2. The Kier molecular flexibility index (Phi) is 4.02. The molecule has 0 atom stereocenters. The van der Waals surface area contributed by atoms with Crippen molar-refractivity contribution in [1.29, 1.82) is 0 Å². The zero-order chi connectivity index (χ0) is 18.1. The number of fused-ring (bicyclic) bond motifs is 2. The Morgan fingerprint density at radius 2 is 2.04 bits per heavy atom. The van der Waals surface area contributed by atoms with Crippen molar-refractivity contribution in [3.05, 3.63) is 48.0 Å². The number of hydrogen-bond acceptors (Lipinski definition) is 6. The number of hydrogen-bond donors (Lipinski definition) is 3. The molecule has 8 heteroatoms. The van der Waals surface area contributed by atoms with Crippen molar-refractivity contribution in [3.63, 3.8) is 0 Å². The number of nitrogens with one attached hydrogen (secondary N) is 2. The van der Waals surface area contributed by atoms with Gasteiger partial charge in [-0.3, -0.25) is 10.1 Å². The first kappa shape index (κ1) is 16.1. The van der Waals surface area contributed by atoms with Gasteiger partial charge in [-0.1, -0.05) is 12.1 Å². The molecular weight excluding hydrogens is 332 g/mol. The Morgan fingerprint density at radius 1 is 1.19 bits per heavy atom. The largest absolute Gasteiger partial charge is 0.423 e. The predicted molar refractivity (Wildman–Crippen MR) is 99.4 cm³/mol. The molecule has 4 aromatic rings. The van der Waals surface area contributed by atoms with Gasteiger partial charge in [-0.2, -0.15) is 4.98 Å². The Morgan fingerprint density at radius 3 is 2.85 bits per heavy atom. The van der Waals surface area contributed by atoms with Crippen molar-refractivity contribution < 1.29 is 9.21 Å². The van der Waals surface area contributed by atoms with Crippen molar-refractivity contribution in [2.75, 3.05) is 18.4 Å². The predicted octanol–water partition coefficient (Wildman–Crippen LogP) is 2.15. The third kappa shape index (κ3) is 2.86. The van der Waals surface area contributed by atoms with Crippen molar-refractivity contribution in [2.45, 2.75) is 0 Å². The van der Waals surface area contributed by atoms with E-state index >= 15 is 0 Å². The molecule has 2 aromatic heterocycles. The lowest BCUT2D eigenvalue weighted by molar-refractivity contribution is 0.0955. The van der Waals surface area contributed by atoms with Crippen LogP contribution in [0.25, 0.3) is 22.1 Å². The van der Waals surface area contributed by atoms with Gasteiger partial charge < -0.3 is 20.0 Å². The summed E-state index contributed by atoms with van der Waals surface area (Å²) in [6, 6.07) is 13.3. The fraction of sp³-hybridized carbons (Fsp3) is 0.167. The SMILES string of the molecule is Cn1c(Nc2nc3ccccc3o2)nc2cc(C(=O)NCCN)ccc21. The van der Waals surface area contributed by atoms with E-state index in [1.807, 2.05) is 41.9 Å². The molecule has 4 rings (SSSR count). The number of nitrogens with zero attached hydrogens (tertiary/aromatic N) is 3. The number of para-hydroxylation sites is 2. The summed E-state index contributed by atoms with van der Waals surface area (Å²) in [7, 11) is 1.88. The topological polar surface area (TPSA) is 111 Å². The van der Waals surface area contributed by atoms with Crippen LogP contribution in [-0.2, 0) is 7.05 Å². The number of carbonyl (C=O) groups is 1. The highest BCUT2D eigenvalue weighted by Crippen LogP contribution is 2.24. The van der Waals surface area contributed by atoms with E-state index in [2.05, 4.69) is 20.6 Å². The van der Waals surface area contributed by atoms with Crippen LogP contribution in [0.15, 0.2) is 46.9 Å². The Balaban J connectivity index is 1.65. The number of carbonyl (C=O) groups excluding carboxylic acids is 1. The maximum atomic E-state index is 12.1. The molecule has 0 aliphatic rings. The summed E-state index contributed by atoms with van der Waals surface area (Å²) in [5.74, 6) is 0.405. The van der Waals surface area contributed by atoms with Crippen LogP contribution in [0.1, 0.15) is 10.4 Å². The lowest BCUT2D eigenvalue weighted by atomic mass is 10.2. The molecule has 132 valence electrons. The van der Waals surface area contributed by atoms with Gasteiger partial charge in [-0.25, -0.2) is 4.98 Å². The number of aryl methyl sites for hydroxylation is 1. The van der Waals surface area contributed by atoms with Crippen LogP contribution in [-0.4, -0.2) is 33.5 Å². The van der Waals surface area contributed by atoms with Crippen LogP contribution in [0.2, 0.25) is 0 Å². The summed E-state index contributed by atoms with van der Waals surface area (Å²) in [6.45, 7) is 0.833. The molecular formula is C18H18N6O2. The average molecular weight is 350 g/mol. The molecule has 2 heterocycles. The summed E-state index contributed by atoms with van der Waals surface area (Å²) in [5.41, 5.74) is 9.02. The van der Waals surface area contributed by atoms with E-state index in [1.54, 1.807) is 12.1 Å². The average Bonchev–Trinajstić information content (AvgIpc) is 3.20. The van der Waals surface area contributed by atoms with Gasteiger partial charge in [-0.05, 0) is 30.3 Å². The fourth-order valence-corrected chi connectivity index (χ4v) is 2.76. The van der Waals surface area contributed by atoms with Gasteiger partial charge >= 0.3 is 6.01 Å². The fourth-order valence-electron chi connectivity index (χ4n) is 2.76. The first-order valence-corrected chi connectivity index (χ1v) is 8.23. The minimum absolute atomic E-state index is 0.170. The molecule has 0 radical (unpaired) electrons. The van der Waals surface area contributed by atoms with E-state index < -0.39 is 0 Å².